The SMILES string of the molecule is COC1C=COC2(C)Oc3c(C)c(O)c4c(=O)c(c5oc6cc(N7CCN(CC(C)C)CC7)cc(OC(=O)c7ccncc7)c6nc-5c4c3C2=O)NC(=O)C(C)=CC=CC(C)C2OC(C)(C)OC(C2C)C(C)C(OC(=O)c2ccncc2)C1C. The minimum Gasteiger partial charge on any atom is -0.507 e. The van der Waals surface area contributed by atoms with Crippen LogP contribution in [0.3, 0.4) is 0 Å². The molecule has 4 aromatic rings. The van der Waals surface area contributed by atoms with Crippen LogP contribution in [0.25, 0.3) is 33.3 Å². The molecule has 1 amide bonds. The number of rotatable bonds is 8. The van der Waals surface area contributed by atoms with Crippen LogP contribution in [-0.4, -0.2) is 124 Å². The Hall–Kier alpha value is -8.04. The number of aromatic hydroxyl groups is 1. The number of piperazine rings is 1. The number of methoxy groups -OCH3 is 1. The van der Waals surface area contributed by atoms with Gasteiger partial charge in [-0.25, -0.2) is 14.6 Å². The van der Waals surface area contributed by atoms with Crippen LogP contribution in [0.2, 0.25) is 0 Å². The summed E-state index contributed by atoms with van der Waals surface area (Å²) in [6.45, 7) is 24.0. The van der Waals surface area contributed by atoms with E-state index in [1.165, 1.54) is 64.1 Å². The number of anilines is 2. The van der Waals surface area contributed by atoms with E-state index in [0.717, 1.165) is 19.6 Å². The molecule has 6 aliphatic heterocycles. The van der Waals surface area contributed by atoms with Crippen molar-refractivity contribution in [3.63, 3.8) is 0 Å². The van der Waals surface area contributed by atoms with E-state index < -0.39 is 82.6 Å². The van der Waals surface area contributed by atoms with Crippen LogP contribution in [0, 0.1) is 36.5 Å². The van der Waals surface area contributed by atoms with Gasteiger partial charge in [0.25, 0.3) is 11.7 Å². The predicted molar refractivity (Wildman–Crippen MR) is 313 cm³/mol. The lowest BCUT2D eigenvalue weighted by Crippen LogP contribution is -2.56. The van der Waals surface area contributed by atoms with Crippen molar-refractivity contribution in [3.05, 3.63) is 130 Å². The van der Waals surface area contributed by atoms with Crippen molar-refractivity contribution in [2.75, 3.05) is 50.1 Å². The van der Waals surface area contributed by atoms with Gasteiger partial charge in [-0.15, -0.1) is 0 Å². The number of fused-ring (bicyclic) bond motifs is 10. The fraction of sp³-hybridized carbons (Fsp3) is 0.438. The largest absolute Gasteiger partial charge is 0.507 e. The number of Topliss-reactive ketones (excluding diaryl/α,β-unsaturated/α-hetero) is 1. The van der Waals surface area contributed by atoms with E-state index in [1.807, 2.05) is 47.6 Å². The molecule has 2 N–H and O–H groups in total. The molecule has 0 radical (unpaired) electrons. The van der Waals surface area contributed by atoms with E-state index in [4.69, 9.17) is 42.6 Å². The number of carbonyl (C=O) groups excluding carboxylic acids is 4. The van der Waals surface area contributed by atoms with Gasteiger partial charge in [0.2, 0.25) is 5.43 Å². The Morgan fingerprint density at radius 2 is 1.50 bits per heavy atom. The van der Waals surface area contributed by atoms with Crippen LogP contribution in [0.5, 0.6) is 17.2 Å². The molecule has 2 aromatic heterocycles. The number of aromatic nitrogens is 3. The number of nitrogens with zero attached hydrogens (tertiary/aromatic N) is 5. The number of ketones is 1. The maximum atomic E-state index is 15.4. The average Bonchev–Trinajstić information content (AvgIpc) is 1.46. The summed E-state index contributed by atoms with van der Waals surface area (Å²) in [7, 11) is 1.50. The quantitative estimate of drug-likeness (QED) is 0.0623. The summed E-state index contributed by atoms with van der Waals surface area (Å²) in [5.41, 5.74) is -0.164. The number of phenolic OH excluding ortho intramolecular Hbond substituents is 1. The zero-order valence-corrected chi connectivity index (χ0v) is 49.4. The highest BCUT2D eigenvalue weighted by atomic mass is 16.7. The third-order valence-corrected chi connectivity index (χ3v) is 16.5. The number of allylic oxidation sites excluding steroid dienone is 2. The molecule has 84 heavy (non-hydrogen) atoms. The summed E-state index contributed by atoms with van der Waals surface area (Å²) in [5, 5.41) is 14.5. The Kier molecular flexibility index (Phi) is 16.6. The number of nitrogens with one attached hydrogen (secondary N) is 1. The molecule has 8 heterocycles. The summed E-state index contributed by atoms with van der Waals surface area (Å²) < 4.78 is 51.6. The summed E-state index contributed by atoms with van der Waals surface area (Å²) >= 11 is 0. The van der Waals surface area contributed by atoms with Crippen LogP contribution < -0.4 is 25.1 Å². The standard InChI is InChI=1S/C64H72N6O14/c1-33(2)32-69-25-27-70(28-26-69)42-30-44-49(45(31-42)80-61(75)40-16-21-65-22-17-40)67-50-46-47-52(71)37(6)57-48(46)59(73)64(11,84-57)78-29-20-43(77-12)36(5)55(81-62(76)41-18-23-66-24-19-41)39(8)56-38(7)54(82-63(9,10)83-56)34(3)14-13-15-35(4)60(74)68-51(53(47)72)58(50)79-44/h13-24,29-31,33-34,36,38-39,43,54-56,71H,25-28,32H2,1-12H3,(H,68,74). The maximum absolute atomic E-state index is 15.4. The highest BCUT2D eigenvalue weighted by Gasteiger charge is 2.51. The van der Waals surface area contributed by atoms with Gasteiger partial charge in [0.05, 0.1) is 46.7 Å². The smallest absolute Gasteiger partial charge is 0.343 e. The van der Waals surface area contributed by atoms with Gasteiger partial charge < -0.3 is 52.9 Å². The minimum absolute atomic E-state index is 0.0110. The first-order valence-electron chi connectivity index (χ1n) is 28.5. The summed E-state index contributed by atoms with van der Waals surface area (Å²) in [5.74, 6) is -8.02. The Morgan fingerprint density at radius 1 is 0.845 bits per heavy atom. The van der Waals surface area contributed by atoms with Crippen LogP contribution in [0.15, 0.2) is 107 Å². The molecule has 2 saturated heterocycles. The second-order valence-corrected chi connectivity index (χ2v) is 23.4. The van der Waals surface area contributed by atoms with Crippen molar-refractivity contribution in [2.24, 2.45) is 29.6 Å². The third-order valence-electron chi connectivity index (χ3n) is 16.5. The number of hydrogen-bond acceptors (Lipinski definition) is 19. The normalized spacial score (nSPS) is 25.9. The van der Waals surface area contributed by atoms with Crippen LogP contribution >= 0.6 is 0 Å². The number of hydrogen-bond donors (Lipinski definition) is 2. The second-order valence-electron chi connectivity index (χ2n) is 23.4. The number of benzene rings is 3. The molecule has 7 bridgehead atoms. The number of esters is 2. The molecule has 2 aromatic carbocycles. The van der Waals surface area contributed by atoms with Crippen molar-refractivity contribution in [1.82, 2.24) is 19.9 Å². The molecule has 9 unspecified atom stereocenters. The second kappa shape index (κ2) is 23.5. The van der Waals surface area contributed by atoms with Crippen LogP contribution in [0.1, 0.15) is 106 Å². The number of ether oxygens (including phenoxy) is 7. The third kappa shape index (κ3) is 11.4. The molecule has 442 valence electrons. The fourth-order valence-corrected chi connectivity index (χ4v) is 12.0. The highest BCUT2D eigenvalue weighted by Crippen LogP contribution is 2.51. The van der Waals surface area contributed by atoms with E-state index in [2.05, 4.69) is 38.9 Å². The Labute approximate surface area is 487 Å². The fourth-order valence-electron chi connectivity index (χ4n) is 12.0. The van der Waals surface area contributed by atoms with E-state index >= 15 is 9.59 Å². The van der Waals surface area contributed by atoms with Crippen molar-refractivity contribution in [3.8, 4) is 28.7 Å². The lowest BCUT2D eigenvalue weighted by atomic mass is 9.77. The van der Waals surface area contributed by atoms with Crippen molar-refractivity contribution in [1.29, 1.82) is 0 Å². The first-order chi connectivity index (χ1) is 40.0. The molecule has 2 fully saturated rings. The van der Waals surface area contributed by atoms with Crippen LogP contribution in [-0.2, 0) is 28.5 Å². The van der Waals surface area contributed by atoms with Gasteiger partial charge in [-0.1, -0.05) is 59.8 Å². The van der Waals surface area contributed by atoms with Gasteiger partial charge in [0, 0.05) is 130 Å². The average molecular weight is 1150 g/mol. The zero-order chi connectivity index (χ0) is 60.1. The lowest BCUT2D eigenvalue weighted by molar-refractivity contribution is -0.336. The summed E-state index contributed by atoms with van der Waals surface area (Å²) in [4.78, 5) is 91.0. The maximum Gasteiger partial charge on any atom is 0.343 e. The molecule has 1 aliphatic carbocycles. The van der Waals surface area contributed by atoms with E-state index in [0.29, 0.717) is 30.3 Å². The summed E-state index contributed by atoms with van der Waals surface area (Å²) in [6.07, 6.45) is 11.4. The van der Waals surface area contributed by atoms with Crippen molar-refractivity contribution < 1.29 is 61.9 Å². The Balaban J connectivity index is 1.16. The van der Waals surface area contributed by atoms with Crippen molar-refractivity contribution >= 4 is 56.9 Å². The summed E-state index contributed by atoms with van der Waals surface area (Å²) in [6, 6.07) is 9.59. The van der Waals surface area contributed by atoms with Crippen LogP contribution in [0.4, 0.5) is 11.4 Å². The molecule has 0 saturated carbocycles. The van der Waals surface area contributed by atoms with E-state index in [-0.39, 0.29) is 84.6 Å². The molecule has 0 spiro atoms. The predicted octanol–water partition coefficient (Wildman–Crippen LogP) is 9.83. The van der Waals surface area contributed by atoms with E-state index in [9.17, 15) is 19.5 Å². The molecule has 7 aliphatic rings. The Morgan fingerprint density at radius 3 is 2.15 bits per heavy atom. The number of carbonyl (C=O) groups is 4. The minimum atomic E-state index is -2.13. The monoisotopic (exact) mass is 1150 g/mol. The van der Waals surface area contributed by atoms with Gasteiger partial charge in [-0.2, -0.15) is 0 Å². The molecule has 20 nitrogen and oxygen atoms in total. The van der Waals surface area contributed by atoms with Gasteiger partial charge in [-0.3, -0.25) is 29.3 Å². The number of phenols is 1. The van der Waals surface area contributed by atoms with E-state index in [1.54, 1.807) is 49.4 Å². The topological polar surface area (TPSA) is 241 Å². The number of amides is 1. The zero-order valence-electron chi connectivity index (χ0n) is 49.4. The van der Waals surface area contributed by atoms with Gasteiger partial charge >= 0.3 is 17.7 Å². The molecule has 9 atom stereocenters. The lowest BCUT2D eigenvalue weighted by Gasteiger charge is -2.50. The molecular formula is C64H72N6O14. The first-order valence-corrected chi connectivity index (χ1v) is 28.5. The molecule has 11 rings (SSSR count). The van der Waals surface area contributed by atoms with Crippen molar-refractivity contribution in [2.45, 2.75) is 112 Å². The Bertz CT molecular complexity index is 3650. The molecular weight excluding hydrogens is 1080 g/mol. The molecule has 20 heteroatoms. The van der Waals surface area contributed by atoms with Gasteiger partial charge in [-0.05, 0) is 64.0 Å². The highest BCUT2D eigenvalue weighted by molar-refractivity contribution is 6.22. The first kappa shape index (κ1) is 59.1. The van der Waals surface area contributed by atoms with Gasteiger partial charge in [0.15, 0.2) is 22.9 Å². The van der Waals surface area contributed by atoms with Gasteiger partial charge in [0.1, 0.15) is 34.5 Å². The number of pyridine rings is 2.